The van der Waals surface area contributed by atoms with Gasteiger partial charge in [-0.05, 0) is 53.1 Å². The summed E-state index contributed by atoms with van der Waals surface area (Å²) in [6.45, 7) is 12.0. The average Bonchev–Trinajstić information content (AvgIpc) is 2.30. The number of hydrogen-bond acceptors (Lipinski definition) is 3. The van der Waals surface area contributed by atoms with E-state index in [2.05, 4.69) is 42.6 Å². The van der Waals surface area contributed by atoms with Gasteiger partial charge in [-0.1, -0.05) is 13.8 Å². The van der Waals surface area contributed by atoms with Gasteiger partial charge < -0.3 is 9.80 Å². The van der Waals surface area contributed by atoms with Crippen LogP contribution in [0.1, 0.15) is 26.7 Å². The highest BCUT2D eigenvalue weighted by atomic mass is 15.2. The molecular weight excluding hydrogens is 198 g/mol. The third kappa shape index (κ3) is 4.40. The van der Waals surface area contributed by atoms with E-state index in [1.165, 1.54) is 52.1 Å². The molecule has 3 heteroatoms. The average molecular weight is 227 g/mol. The molecule has 0 aromatic carbocycles. The molecule has 96 valence electrons. The SMILES string of the molecule is CCN1CCC(N(CC)CCN(C)C)CC1. The molecular formula is C13H29N3. The molecule has 0 saturated carbocycles. The van der Waals surface area contributed by atoms with Crippen molar-refractivity contribution in [2.75, 3.05) is 53.4 Å². The van der Waals surface area contributed by atoms with Crippen LogP contribution in [0.4, 0.5) is 0 Å². The zero-order chi connectivity index (χ0) is 12.0. The lowest BCUT2D eigenvalue weighted by molar-refractivity contribution is 0.109. The molecule has 0 aliphatic carbocycles. The Balaban J connectivity index is 2.31. The zero-order valence-electron chi connectivity index (χ0n) is 11.6. The van der Waals surface area contributed by atoms with Crippen molar-refractivity contribution in [2.24, 2.45) is 0 Å². The zero-order valence-corrected chi connectivity index (χ0v) is 11.6. The van der Waals surface area contributed by atoms with Crippen molar-refractivity contribution in [1.29, 1.82) is 0 Å². The summed E-state index contributed by atoms with van der Waals surface area (Å²) < 4.78 is 0. The fourth-order valence-electron chi connectivity index (χ4n) is 2.53. The van der Waals surface area contributed by atoms with Crippen LogP contribution in [0.3, 0.4) is 0 Å². The molecule has 0 N–H and O–H groups in total. The summed E-state index contributed by atoms with van der Waals surface area (Å²) in [6.07, 6.45) is 2.71. The summed E-state index contributed by atoms with van der Waals surface area (Å²) in [5.41, 5.74) is 0. The van der Waals surface area contributed by atoms with E-state index in [1.807, 2.05) is 0 Å². The van der Waals surface area contributed by atoms with Gasteiger partial charge in [0.2, 0.25) is 0 Å². The van der Waals surface area contributed by atoms with Gasteiger partial charge in [-0.3, -0.25) is 4.90 Å². The molecule has 0 spiro atoms. The highest BCUT2D eigenvalue weighted by Crippen LogP contribution is 2.15. The maximum Gasteiger partial charge on any atom is 0.0120 e. The number of likely N-dealkylation sites (N-methyl/N-ethyl adjacent to an activating group) is 2. The molecule has 1 heterocycles. The van der Waals surface area contributed by atoms with Gasteiger partial charge in [0.1, 0.15) is 0 Å². The Kier molecular flexibility index (Phi) is 6.32. The van der Waals surface area contributed by atoms with E-state index in [1.54, 1.807) is 0 Å². The molecule has 0 bridgehead atoms. The van der Waals surface area contributed by atoms with Gasteiger partial charge in [-0.15, -0.1) is 0 Å². The molecule has 0 aromatic rings. The predicted molar refractivity (Wildman–Crippen MR) is 70.9 cm³/mol. The van der Waals surface area contributed by atoms with Gasteiger partial charge in [0.15, 0.2) is 0 Å². The molecule has 0 unspecified atom stereocenters. The lowest BCUT2D eigenvalue weighted by Crippen LogP contribution is -2.46. The van der Waals surface area contributed by atoms with Gasteiger partial charge in [-0.25, -0.2) is 0 Å². The number of nitrogens with zero attached hydrogens (tertiary/aromatic N) is 3. The quantitative estimate of drug-likeness (QED) is 0.678. The smallest absolute Gasteiger partial charge is 0.0120 e. The van der Waals surface area contributed by atoms with Gasteiger partial charge in [0, 0.05) is 19.1 Å². The monoisotopic (exact) mass is 227 g/mol. The minimum Gasteiger partial charge on any atom is -0.308 e. The van der Waals surface area contributed by atoms with Crippen molar-refractivity contribution in [2.45, 2.75) is 32.7 Å². The van der Waals surface area contributed by atoms with E-state index in [0.29, 0.717) is 0 Å². The number of piperidine rings is 1. The Morgan fingerprint density at radius 3 is 2.12 bits per heavy atom. The van der Waals surface area contributed by atoms with Gasteiger partial charge in [0.25, 0.3) is 0 Å². The Morgan fingerprint density at radius 1 is 1.06 bits per heavy atom. The first-order chi connectivity index (χ1) is 7.67. The van der Waals surface area contributed by atoms with Crippen LogP contribution < -0.4 is 0 Å². The first-order valence-electron chi connectivity index (χ1n) is 6.78. The van der Waals surface area contributed by atoms with Crippen molar-refractivity contribution in [3.63, 3.8) is 0 Å². The molecule has 1 aliphatic rings. The summed E-state index contributed by atoms with van der Waals surface area (Å²) in [5, 5.41) is 0. The van der Waals surface area contributed by atoms with E-state index in [9.17, 15) is 0 Å². The second kappa shape index (κ2) is 7.25. The minimum atomic E-state index is 0.827. The Hall–Kier alpha value is -0.120. The Morgan fingerprint density at radius 2 is 1.69 bits per heavy atom. The first-order valence-corrected chi connectivity index (χ1v) is 6.78. The molecule has 3 nitrogen and oxygen atoms in total. The van der Waals surface area contributed by atoms with Gasteiger partial charge in [0.05, 0.1) is 0 Å². The standard InChI is InChI=1S/C13H29N3/c1-5-15-9-7-13(8-10-15)16(6-2)12-11-14(3)4/h13H,5-12H2,1-4H3. The lowest BCUT2D eigenvalue weighted by Gasteiger charge is -2.38. The van der Waals surface area contributed by atoms with E-state index in [-0.39, 0.29) is 0 Å². The fourth-order valence-corrected chi connectivity index (χ4v) is 2.53. The van der Waals surface area contributed by atoms with Crippen molar-refractivity contribution in [1.82, 2.24) is 14.7 Å². The summed E-state index contributed by atoms with van der Waals surface area (Å²) in [7, 11) is 4.32. The normalized spacial score (nSPS) is 19.9. The number of rotatable bonds is 6. The Bertz CT molecular complexity index is 174. The largest absolute Gasteiger partial charge is 0.308 e. The van der Waals surface area contributed by atoms with Gasteiger partial charge in [-0.2, -0.15) is 0 Å². The number of hydrogen-bond donors (Lipinski definition) is 0. The molecule has 1 rings (SSSR count). The highest BCUT2D eigenvalue weighted by molar-refractivity contribution is 4.79. The van der Waals surface area contributed by atoms with Crippen LogP contribution in [0, 0.1) is 0 Å². The van der Waals surface area contributed by atoms with E-state index in [0.717, 1.165) is 6.04 Å². The first kappa shape index (κ1) is 13.9. The van der Waals surface area contributed by atoms with E-state index >= 15 is 0 Å². The van der Waals surface area contributed by atoms with Crippen LogP contribution in [-0.4, -0.2) is 74.1 Å². The van der Waals surface area contributed by atoms with E-state index in [4.69, 9.17) is 0 Å². The molecule has 1 aliphatic heterocycles. The maximum atomic E-state index is 2.66. The van der Waals surface area contributed by atoms with Crippen molar-refractivity contribution >= 4 is 0 Å². The van der Waals surface area contributed by atoms with E-state index < -0.39 is 0 Å². The summed E-state index contributed by atoms with van der Waals surface area (Å²) in [6, 6.07) is 0.827. The van der Waals surface area contributed by atoms with Crippen LogP contribution in [0.15, 0.2) is 0 Å². The molecule has 1 fully saturated rings. The molecule has 0 aromatic heterocycles. The molecule has 0 atom stereocenters. The van der Waals surface area contributed by atoms with Crippen LogP contribution in [0.2, 0.25) is 0 Å². The second-order valence-corrected chi connectivity index (χ2v) is 5.10. The Labute approximate surface area is 101 Å². The molecule has 16 heavy (non-hydrogen) atoms. The third-order valence-corrected chi connectivity index (χ3v) is 3.76. The maximum absolute atomic E-state index is 2.66. The van der Waals surface area contributed by atoms with Gasteiger partial charge >= 0.3 is 0 Å². The number of likely N-dealkylation sites (tertiary alicyclic amines) is 1. The van der Waals surface area contributed by atoms with Crippen LogP contribution in [0.5, 0.6) is 0 Å². The molecule has 0 amide bonds. The predicted octanol–water partition coefficient (Wildman–Crippen LogP) is 1.35. The van der Waals surface area contributed by atoms with Crippen molar-refractivity contribution in [3.05, 3.63) is 0 Å². The van der Waals surface area contributed by atoms with Crippen LogP contribution in [-0.2, 0) is 0 Å². The van der Waals surface area contributed by atoms with Crippen LogP contribution >= 0.6 is 0 Å². The summed E-state index contributed by atoms with van der Waals surface area (Å²) in [5.74, 6) is 0. The van der Waals surface area contributed by atoms with Crippen molar-refractivity contribution < 1.29 is 0 Å². The summed E-state index contributed by atoms with van der Waals surface area (Å²) >= 11 is 0. The highest BCUT2D eigenvalue weighted by Gasteiger charge is 2.22. The molecule has 0 radical (unpaired) electrons. The van der Waals surface area contributed by atoms with Crippen molar-refractivity contribution in [3.8, 4) is 0 Å². The second-order valence-electron chi connectivity index (χ2n) is 5.10. The topological polar surface area (TPSA) is 9.72 Å². The lowest BCUT2D eigenvalue weighted by atomic mass is 10.0. The minimum absolute atomic E-state index is 0.827. The summed E-state index contributed by atoms with van der Waals surface area (Å²) in [4.78, 5) is 7.51. The third-order valence-electron chi connectivity index (χ3n) is 3.76. The fraction of sp³-hybridized carbons (Fsp3) is 1.00. The van der Waals surface area contributed by atoms with Crippen LogP contribution in [0.25, 0.3) is 0 Å². The molecule has 1 saturated heterocycles.